The zero-order valence-corrected chi connectivity index (χ0v) is 16.1. The first kappa shape index (κ1) is 18.0. The van der Waals surface area contributed by atoms with Gasteiger partial charge in [-0.25, -0.2) is 4.98 Å². The van der Waals surface area contributed by atoms with E-state index in [-0.39, 0.29) is 5.91 Å². The molecule has 5 nitrogen and oxygen atoms in total. The molecule has 1 amide bonds. The topological polar surface area (TPSA) is 39.7 Å². The van der Waals surface area contributed by atoms with Crippen LogP contribution in [0.25, 0.3) is 0 Å². The number of fused-ring (bicyclic) bond motifs is 1. The summed E-state index contributed by atoms with van der Waals surface area (Å²) in [5, 5.41) is 0. The lowest BCUT2D eigenvalue weighted by Crippen LogP contribution is -2.32. The minimum Gasteiger partial charge on any atom is -0.355 e. The molecule has 0 N–H and O–H groups in total. The first-order valence-corrected chi connectivity index (χ1v) is 10.1. The molecule has 0 unspecified atom stereocenters. The summed E-state index contributed by atoms with van der Waals surface area (Å²) < 4.78 is 0. The van der Waals surface area contributed by atoms with Gasteiger partial charge in [0.1, 0.15) is 5.82 Å². The molecular weight excluding hydrogens is 336 g/mol. The third kappa shape index (κ3) is 3.83. The van der Waals surface area contributed by atoms with E-state index in [1.165, 1.54) is 18.5 Å². The lowest BCUT2D eigenvalue weighted by molar-refractivity contribution is 0.0989. The van der Waals surface area contributed by atoms with Gasteiger partial charge in [0.05, 0.1) is 5.56 Å². The summed E-state index contributed by atoms with van der Waals surface area (Å²) in [6.45, 7) is 8.43. The van der Waals surface area contributed by atoms with Gasteiger partial charge in [-0.2, -0.15) is 0 Å². The number of carbonyl (C=O) groups is 1. The number of anilines is 2. The van der Waals surface area contributed by atoms with Crippen molar-refractivity contribution >= 4 is 17.4 Å². The molecule has 3 heterocycles. The number of carbonyl (C=O) groups excluding carboxylic acids is 1. The van der Waals surface area contributed by atoms with Crippen molar-refractivity contribution in [2.75, 3.05) is 49.1 Å². The molecular formula is C22H28N4O. The van der Waals surface area contributed by atoms with Crippen molar-refractivity contribution in [3.05, 3.63) is 53.7 Å². The highest BCUT2D eigenvalue weighted by Crippen LogP contribution is 2.29. The standard InChI is InChI=1S/C22H28N4O/c1-2-11-24-12-5-13-25(16-15-24)21-9-8-19(17-23-21)22(27)26-14-10-18-6-3-4-7-20(18)26/h3-4,6-9,17H,2,5,10-16H2,1H3. The Morgan fingerprint density at radius 2 is 1.93 bits per heavy atom. The van der Waals surface area contributed by atoms with Crippen molar-refractivity contribution in [1.29, 1.82) is 0 Å². The highest BCUT2D eigenvalue weighted by Gasteiger charge is 2.25. The second-order valence-electron chi connectivity index (χ2n) is 7.42. The van der Waals surface area contributed by atoms with Crippen LogP contribution in [0.1, 0.15) is 35.7 Å². The second kappa shape index (κ2) is 8.09. The summed E-state index contributed by atoms with van der Waals surface area (Å²) in [6.07, 6.45) is 5.03. The Bertz CT molecular complexity index is 789. The molecule has 0 spiro atoms. The molecule has 2 aliphatic heterocycles. The Kier molecular flexibility index (Phi) is 5.39. The zero-order valence-electron chi connectivity index (χ0n) is 16.1. The molecule has 0 aliphatic carbocycles. The monoisotopic (exact) mass is 364 g/mol. The van der Waals surface area contributed by atoms with Gasteiger partial charge in [0, 0.05) is 38.1 Å². The fourth-order valence-electron chi connectivity index (χ4n) is 4.14. The second-order valence-corrected chi connectivity index (χ2v) is 7.42. The average molecular weight is 364 g/mol. The van der Waals surface area contributed by atoms with Gasteiger partial charge in [-0.15, -0.1) is 0 Å². The van der Waals surface area contributed by atoms with Gasteiger partial charge in [0.15, 0.2) is 0 Å². The van der Waals surface area contributed by atoms with E-state index in [4.69, 9.17) is 0 Å². The van der Waals surface area contributed by atoms with Gasteiger partial charge in [0.25, 0.3) is 5.91 Å². The van der Waals surface area contributed by atoms with Crippen LogP contribution in [0.3, 0.4) is 0 Å². The number of hydrogen-bond acceptors (Lipinski definition) is 4. The van der Waals surface area contributed by atoms with Crippen LogP contribution >= 0.6 is 0 Å². The summed E-state index contributed by atoms with van der Waals surface area (Å²) in [4.78, 5) is 24.3. The Morgan fingerprint density at radius 3 is 2.74 bits per heavy atom. The normalized spacial score (nSPS) is 17.7. The van der Waals surface area contributed by atoms with Crippen LogP contribution in [0.2, 0.25) is 0 Å². The molecule has 1 aromatic carbocycles. The number of rotatable bonds is 4. The molecule has 1 fully saturated rings. The number of nitrogens with zero attached hydrogens (tertiary/aromatic N) is 4. The molecule has 5 heteroatoms. The summed E-state index contributed by atoms with van der Waals surface area (Å²) in [6, 6.07) is 12.1. The van der Waals surface area contributed by atoms with Gasteiger partial charge >= 0.3 is 0 Å². The molecule has 1 saturated heterocycles. The van der Waals surface area contributed by atoms with E-state index in [0.717, 1.165) is 57.1 Å². The highest BCUT2D eigenvalue weighted by atomic mass is 16.2. The number of aromatic nitrogens is 1. The summed E-state index contributed by atoms with van der Waals surface area (Å²) in [5.41, 5.74) is 2.95. The van der Waals surface area contributed by atoms with Crippen molar-refractivity contribution in [2.24, 2.45) is 0 Å². The molecule has 27 heavy (non-hydrogen) atoms. The summed E-state index contributed by atoms with van der Waals surface area (Å²) in [7, 11) is 0. The number of pyridine rings is 1. The fraction of sp³-hybridized carbons (Fsp3) is 0.455. The van der Waals surface area contributed by atoms with Gasteiger partial charge in [-0.3, -0.25) is 4.79 Å². The van der Waals surface area contributed by atoms with Crippen LogP contribution in [-0.4, -0.2) is 55.1 Å². The molecule has 142 valence electrons. The van der Waals surface area contributed by atoms with Crippen molar-refractivity contribution in [3.8, 4) is 0 Å². The predicted octanol–water partition coefficient (Wildman–Crippen LogP) is 3.21. The summed E-state index contributed by atoms with van der Waals surface area (Å²) in [5.74, 6) is 1.02. The van der Waals surface area contributed by atoms with Gasteiger partial charge in [-0.05, 0) is 56.1 Å². The van der Waals surface area contributed by atoms with E-state index in [1.54, 1.807) is 6.20 Å². The van der Waals surface area contributed by atoms with Crippen LogP contribution in [0, 0.1) is 0 Å². The van der Waals surface area contributed by atoms with E-state index in [1.807, 2.05) is 35.2 Å². The third-order valence-electron chi connectivity index (χ3n) is 5.58. The smallest absolute Gasteiger partial charge is 0.259 e. The number of amides is 1. The van der Waals surface area contributed by atoms with Crippen molar-refractivity contribution in [1.82, 2.24) is 9.88 Å². The lowest BCUT2D eigenvalue weighted by atomic mass is 10.2. The Labute approximate surface area is 161 Å². The molecule has 1 aromatic heterocycles. The molecule has 0 bridgehead atoms. The maximum atomic E-state index is 12.9. The Hall–Kier alpha value is -2.40. The van der Waals surface area contributed by atoms with E-state index < -0.39 is 0 Å². The summed E-state index contributed by atoms with van der Waals surface area (Å²) >= 11 is 0. The van der Waals surface area contributed by atoms with Crippen LogP contribution in [0.15, 0.2) is 42.6 Å². The highest BCUT2D eigenvalue weighted by molar-refractivity contribution is 6.07. The maximum absolute atomic E-state index is 12.9. The lowest BCUT2D eigenvalue weighted by Gasteiger charge is -2.23. The number of benzene rings is 1. The zero-order chi connectivity index (χ0) is 18.6. The predicted molar refractivity (Wildman–Crippen MR) is 110 cm³/mol. The van der Waals surface area contributed by atoms with Crippen molar-refractivity contribution in [2.45, 2.75) is 26.2 Å². The van der Waals surface area contributed by atoms with Crippen molar-refractivity contribution in [3.63, 3.8) is 0 Å². The third-order valence-corrected chi connectivity index (χ3v) is 5.58. The van der Waals surface area contributed by atoms with Crippen LogP contribution in [0.5, 0.6) is 0 Å². The van der Waals surface area contributed by atoms with Crippen LogP contribution in [0.4, 0.5) is 11.5 Å². The number of hydrogen-bond donors (Lipinski definition) is 0. The number of para-hydroxylation sites is 1. The SMILES string of the molecule is CCCN1CCCN(c2ccc(C(=O)N3CCc4ccccc43)cn2)CC1. The van der Waals surface area contributed by atoms with Gasteiger partial charge in [-0.1, -0.05) is 25.1 Å². The molecule has 4 rings (SSSR count). The average Bonchev–Trinajstić information content (AvgIpc) is 3.00. The first-order valence-electron chi connectivity index (χ1n) is 10.1. The Balaban J connectivity index is 1.44. The van der Waals surface area contributed by atoms with Crippen LogP contribution < -0.4 is 9.80 Å². The molecule has 0 saturated carbocycles. The van der Waals surface area contributed by atoms with Crippen LogP contribution in [-0.2, 0) is 6.42 Å². The minimum absolute atomic E-state index is 0.0454. The molecule has 0 radical (unpaired) electrons. The minimum atomic E-state index is 0.0454. The molecule has 2 aromatic rings. The van der Waals surface area contributed by atoms with Crippen molar-refractivity contribution < 1.29 is 4.79 Å². The van der Waals surface area contributed by atoms with Gasteiger partial charge < -0.3 is 14.7 Å². The molecule has 0 atom stereocenters. The maximum Gasteiger partial charge on any atom is 0.259 e. The van der Waals surface area contributed by atoms with Gasteiger partial charge in [0.2, 0.25) is 0 Å². The fourth-order valence-corrected chi connectivity index (χ4v) is 4.14. The first-order chi connectivity index (χ1) is 13.3. The molecule has 2 aliphatic rings. The Morgan fingerprint density at radius 1 is 1.04 bits per heavy atom. The quantitative estimate of drug-likeness (QED) is 0.835. The van der Waals surface area contributed by atoms with E-state index >= 15 is 0 Å². The van der Waals surface area contributed by atoms with E-state index in [0.29, 0.717) is 5.56 Å². The van der Waals surface area contributed by atoms with E-state index in [2.05, 4.69) is 27.8 Å². The van der Waals surface area contributed by atoms with E-state index in [9.17, 15) is 4.79 Å². The largest absolute Gasteiger partial charge is 0.355 e.